The number of alkyl halides is 3. The largest absolute Gasteiger partial charge is 0.510 e. The molecule has 0 radical (unpaired) electrons. The molecule has 2 aromatic carbocycles. The fraction of sp³-hybridized carbons (Fsp3) is 0.276. The van der Waals surface area contributed by atoms with Gasteiger partial charge in [-0.1, -0.05) is 30.3 Å². The van der Waals surface area contributed by atoms with Crippen molar-refractivity contribution in [2.75, 3.05) is 0 Å². The highest BCUT2D eigenvalue weighted by Crippen LogP contribution is 2.37. The van der Waals surface area contributed by atoms with E-state index in [0.29, 0.717) is 5.56 Å². The summed E-state index contributed by atoms with van der Waals surface area (Å²) in [5, 5.41) is 21.2. The predicted molar refractivity (Wildman–Crippen MR) is 146 cm³/mol. The molecule has 9 nitrogen and oxygen atoms in total. The minimum Gasteiger partial charge on any atom is -0.461 e. The van der Waals surface area contributed by atoms with Crippen LogP contribution in [-0.2, 0) is 31.8 Å². The molecular weight excluding hydrogens is 573 g/mol. The number of hydrogen-bond acceptors (Lipinski definition) is 9. The van der Waals surface area contributed by atoms with E-state index in [0.717, 1.165) is 22.5 Å². The Balaban J connectivity index is 1.46. The van der Waals surface area contributed by atoms with Gasteiger partial charge in [-0.2, -0.15) is 29.8 Å². The van der Waals surface area contributed by atoms with Crippen LogP contribution in [0.3, 0.4) is 0 Å². The van der Waals surface area contributed by atoms with E-state index in [9.17, 15) is 28.0 Å². The van der Waals surface area contributed by atoms with E-state index in [1.165, 1.54) is 38.2 Å². The van der Waals surface area contributed by atoms with Crippen molar-refractivity contribution in [1.29, 1.82) is 5.26 Å². The van der Waals surface area contributed by atoms with Gasteiger partial charge in [0.15, 0.2) is 5.69 Å². The van der Waals surface area contributed by atoms with Crippen LogP contribution in [0.15, 0.2) is 65.4 Å². The SMILES string of the molecule is CC(OC(=O)OC(C)(C)CC(=O)OCc1ccccc1)n1nc(C#N)c(-c2cc(-c3ccsc3)cc(C(F)(F)F)c2)n1. The standard InChI is InChI=1S/C29H25F3N4O5S/c1-18(40-27(38)41-28(2,3)14-25(37)39-16-19-7-5-4-6-8-19)36-34-24(15-33)26(35-36)22-11-21(20-9-10-42-17-20)12-23(13-22)29(30,31)32/h4-13,17-18H,14,16H2,1-3H3. The van der Waals surface area contributed by atoms with Gasteiger partial charge < -0.3 is 14.2 Å². The maximum absolute atomic E-state index is 13.7. The molecule has 13 heteroatoms. The highest BCUT2D eigenvalue weighted by atomic mass is 32.1. The molecule has 0 N–H and O–H groups in total. The van der Waals surface area contributed by atoms with E-state index in [2.05, 4.69) is 10.2 Å². The van der Waals surface area contributed by atoms with Crippen LogP contribution in [0.5, 0.6) is 0 Å². The Morgan fingerprint density at radius 3 is 2.40 bits per heavy atom. The predicted octanol–water partition coefficient (Wildman–Crippen LogP) is 7.15. The van der Waals surface area contributed by atoms with Crippen molar-refractivity contribution in [3.63, 3.8) is 0 Å². The average molecular weight is 599 g/mol. The summed E-state index contributed by atoms with van der Waals surface area (Å²) < 4.78 is 56.8. The summed E-state index contributed by atoms with van der Waals surface area (Å²) >= 11 is 1.33. The second kappa shape index (κ2) is 12.4. The first-order valence-electron chi connectivity index (χ1n) is 12.6. The number of esters is 1. The molecule has 0 saturated carbocycles. The van der Waals surface area contributed by atoms with Crippen molar-refractivity contribution < 1.29 is 37.0 Å². The monoisotopic (exact) mass is 598 g/mol. The Morgan fingerprint density at radius 2 is 1.76 bits per heavy atom. The molecule has 0 amide bonds. The summed E-state index contributed by atoms with van der Waals surface area (Å²) in [7, 11) is 0. The number of benzene rings is 2. The van der Waals surface area contributed by atoms with Gasteiger partial charge in [0.2, 0.25) is 6.23 Å². The highest BCUT2D eigenvalue weighted by molar-refractivity contribution is 7.08. The van der Waals surface area contributed by atoms with Gasteiger partial charge in [-0.15, -0.1) is 15.0 Å². The van der Waals surface area contributed by atoms with Crippen LogP contribution in [0.4, 0.5) is 18.0 Å². The number of nitriles is 1. The quantitative estimate of drug-likeness (QED) is 0.187. The molecule has 0 aliphatic heterocycles. The van der Waals surface area contributed by atoms with Crippen LogP contribution in [0.1, 0.15) is 50.2 Å². The molecule has 0 saturated heterocycles. The highest BCUT2D eigenvalue weighted by Gasteiger charge is 2.33. The molecule has 42 heavy (non-hydrogen) atoms. The molecule has 0 bridgehead atoms. The Hall–Kier alpha value is -4.70. The number of carbonyl (C=O) groups excluding carboxylic acids is 2. The fourth-order valence-corrected chi connectivity index (χ4v) is 4.55. The average Bonchev–Trinajstić information content (AvgIpc) is 3.62. The summed E-state index contributed by atoms with van der Waals surface area (Å²) in [5.41, 5.74) is -0.923. The van der Waals surface area contributed by atoms with E-state index in [1.807, 2.05) is 24.3 Å². The lowest BCUT2D eigenvalue weighted by molar-refractivity contribution is -0.150. The van der Waals surface area contributed by atoms with Gasteiger partial charge in [0.1, 0.15) is 24.0 Å². The molecule has 2 aromatic heterocycles. The Morgan fingerprint density at radius 1 is 1.05 bits per heavy atom. The Bertz CT molecular complexity index is 1600. The number of ether oxygens (including phenoxy) is 3. The smallest absolute Gasteiger partial charge is 0.461 e. The zero-order chi connectivity index (χ0) is 30.5. The number of thiophene rings is 1. The third-order valence-corrected chi connectivity index (χ3v) is 6.57. The molecule has 1 atom stereocenters. The number of carbonyl (C=O) groups is 2. The van der Waals surface area contributed by atoms with Crippen LogP contribution >= 0.6 is 11.3 Å². The molecule has 1 unspecified atom stereocenters. The second-order valence-electron chi connectivity index (χ2n) is 9.79. The summed E-state index contributed by atoms with van der Waals surface area (Å²) in [4.78, 5) is 25.7. The van der Waals surface area contributed by atoms with Crippen molar-refractivity contribution in [2.24, 2.45) is 0 Å². The van der Waals surface area contributed by atoms with Gasteiger partial charge >= 0.3 is 18.3 Å². The first-order chi connectivity index (χ1) is 19.8. The van der Waals surface area contributed by atoms with E-state index in [1.54, 1.807) is 29.0 Å². The summed E-state index contributed by atoms with van der Waals surface area (Å²) in [6.45, 7) is 4.45. The van der Waals surface area contributed by atoms with Crippen molar-refractivity contribution in [3.05, 3.63) is 82.2 Å². The number of aromatic nitrogens is 3. The molecule has 0 fully saturated rings. The number of nitrogens with zero attached hydrogens (tertiary/aromatic N) is 4. The lowest BCUT2D eigenvalue weighted by Gasteiger charge is -2.24. The van der Waals surface area contributed by atoms with Crippen molar-refractivity contribution in [3.8, 4) is 28.5 Å². The van der Waals surface area contributed by atoms with Crippen molar-refractivity contribution >= 4 is 23.5 Å². The van der Waals surface area contributed by atoms with Crippen LogP contribution < -0.4 is 0 Å². The maximum atomic E-state index is 13.7. The van der Waals surface area contributed by atoms with Gasteiger partial charge in [0.05, 0.1) is 12.0 Å². The fourth-order valence-electron chi connectivity index (χ4n) is 3.89. The molecule has 4 rings (SSSR count). The van der Waals surface area contributed by atoms with Gasteiger partial charge in [-0.05, 0) is 72.5 Å². The molecule has 0 aliphatic carbocycles. The lowest BCUT2D eigenvalue weighted by atomic mass is 9.99. The van der Waals surface area contributed by atoms with Crippen LogP contribution in [-0.4, -0.2) is 32.7 Å². The summed E-state index contributed by atoms with van der Waals surface area (Å²) in [5.74, 6) is -0.593. The summed E-state index contributed by atoms with van der Waals surface area (Å²) in [6.07, 6.45) is -7.26. The molecular formula is C29H25F3N4O5S. The minimum atomic E-state index is -4.65. The number of hydrogen-bond donors (Lipinski definition) is 0. The minimum absolute atomic E-state index is 0.0127. The number of rotatable bonds is 9. The van der Waals surface area contributed by atoms with E-state index in [4.69, 9.17) is 14.2 Å². The van der Waals surface area contributed by atoms with Crippen LogP contribution in [0, 0.1) is 11.3 Å². The third-order valence-electron chi connectivity index (χ3n) is 5.89. The Labute approximate surface area is 243 Å². The molecule has 0 aliphatic rings. The van der Waals surface area contributed by atoms with E-state index < -0.39 is 35.7 Å². The molecule has 218 valence electrons. The first kappa shape index (κ1) is 30.3. The van der Waals surface area contributed by atoms with Gasteiger partial charge in [0.25, 0.3) is 0 Å². The van der Waals surface area contributed by atoms with E-state index in [-0.39, 0.29) is 35.5 Å². The maximum Gasteiger partial charge on any atom is 0.510 e. The second-order valence-corrected chi connectivity index (χ2v) is 10.6. The zero-order valence-corrected chi connectivity index (χ0v) is 23.5. The topological polar surface area (TPSA) is 116 Å². The van der Waals surface area contributed by atoms with Crippen LogP contribution in [0.2, 0.25) is 0 Å². The van der Waals surface area contributed by atoms with Gasteiger partial charge in [-0.25, -0.2) is 4.79 Å². The Kier molecular flexibility index (Phi) is 8.96. The van der Waals surface area contributed by atoms with E-state index >= 15 is 0 Å². The normalized spacial score (nSPS) is 12.3. The van der Waals surface area contributed by atoms with Crippen LogP contribution in [0.25, 0.3) is 22.4 Å². The first-order valence-corrected chi connectivity index (χ1v) is 13.5. The lowest BCUT2D eigenvalue weighted by Crippen LogP contribution is -2.33. The van der Waals surface area contributed by atoms with Gasteiger partial charge in [-0.3, -0.25) is 4.79 Å². The van der Waals surface area contributed by atoms with Gasteiger partial charge in [0, 0.05) is 5.56 Å². The molecule has 0 spiro atoms. The molecule has 2 heterocycles. The van der Waals surface area contributed by atoms with Crippen molar-refractivity contribution in [1.82, 2.24) is 15.0 Å². The number of halogens is 3. The molecule has 4 aromatic rings. The van der Waals surface area contributed by atoms with Crippen molar-refractivity contribution in [2.45, 2.75) is 51.8 Å². The third kappa shape index (κ3) is 7.73. The summed E-state index contributed by atoms with van der Waals surface area (Å²) in [6, 6.07) is 15.9. The zero-order valence-electron chi connectivity index (χ0n) is 22.7.